The van der Waals surface area contributed by atoms with E-state index >= 15 is 0 Å². The fourth-order valence-electron chi connectivity index (χ4n) is 7.89. The Bertz CT molecular complexity index is 2570. The van der Waals surface area contributed by atoms with Crippen LogP contribution in [0.15, 0.2) is 146 Å². The zero-order valence-corrected chi connectivity index (χ0v) is 26.4. The van der Waals surface area contributed by atoms with Crippen molar-refractivity contribution in [1.82, 2.24) is 19.5 Å². The molecule has 3 heterocycles. The van der Waals surface area contributed by atoms with Gasteiger partial charge in [-0.05, 0) is 81.8 Å². The monoisotopic (exact) mass is 614 g/mol. The number of nitrogens with zero attached hydrogens (tertiary/aromatic N) is 4. The zero-order chi connectivity index (χ0) is 31.8. The summed E-state index contributed by atoms with van der Waals surface area (Å²) >= 11 is 0. The Hall–Kier alpha value is -6.13. The molecule has 0 spiro atoms. The number of hydrogen-bond donors (Lipinski definition) is 0. The summed E-state index contributed by atoms with van der Waals surface area (Å²) in [6.07, 6.45) is 7.59. The van der Waals surface area contributed by atoms with Crippen LogP contribution in [0.2, 0.25) is 0 Å². The maximum atomic E-state index is 5.33. The number of pyridine rings is 1. The maximum Gasteiger partial charge on any atom is 0.235 e. The predicted molar refractivity (Wildman–Crippen MR) is 198 cm³/mol. The summed E-state index contributed by atoms with van der Waals surface area (Å²) in [5.41, 5.74) is 13.4. The highest BCUT2D eigenvalue weighted by molar-refractivity contribution is 6.30. The van der Waals surface area contributed by atoms with Crippen LogP contribution < -0.4 is 0 Å². The molecule has 8 aromatic rings. The first-order chi connectivity index (χ1) is 23.7. The van der Waals surface area contributed by atoms with E-state index in [-0.39, 0.29) is 0 Å². The summed E-state index contributed by atoms with van der Waals surface area (Å²) < 4.78 is 2.29. The third kappa shape index (κ3) is 3.99. The minimum atomic E-state index is 0.398. The topological polar surface area (TPSA) is 43.6 Å². The lowest BCUT2D eigenvalue weighted by Gasteiger charge is -2.24. The van der Waals surface area contributed by atoms with Crippen molar-refractivity contribution in [2.24, 2.45) is 5.92 Å². The molecule has 2 aliphatic rings. The molecule has 0 fully saturated rings. The quantitative estimate of drug-likeness (QED) is 0.198. The Morgan fingerprint density at radius 3 is 2.06 bits per heavy atom. The largest absolute Gasteiger partial charge is 0.278 e. The highest BCUT2D eigenvalue weighted by Crippen LogP contribution is 2.51. The summed E-state index contributed by atoms with van der Waals surface area (Å²) in [4.78, 5) is 15.5. The van der Waals surface area contributed by atoms with Gasteiger partial charge in [0.05, 0.1) is 28.1 Å². The number of benzene rings is 5. The van der Waals surface area contributed by atoms with Gasteiger partial charge in [0.15, 0.2) is 0 Å². The molecule has 1 unspecified atom stereocenters. The predicted octanol–water partition coefficient (Wildman–Crippen LogP) is 10.9. The SMILES string of the molecule is CC1CC=CC2=C1c1cccc3ccc4c(c13)c1c2cc(-c2ccccn2)cc1n4-c1nc(-c2ccccc2)cc(-c2ccccc2)n1. The summed E-state index contributed by atoms with van der Waals surface area (Å²) in [7, 11) is 0. The van der Waals surface area contributed by atoms with Gasteiger partial charge in [-0.3, -0.25) is 9.55 Å². The maximum absolute atomic E-state index is 5.33. The highest BCUT2D eigenvalue weighted by atomic mass is 15.2. The molecule has 4 heteroatoms. The lowest BCUT2D eigenvalue weighted by molar-refractivity contribution is 0.762. The second kappa shape index (κ2) is 10.4. The van der Waals surface area contributed by atoms with Crippen LogP contribution in [0.5, 0.6) is 0 Å². The average molecular weight is 615 g/mol. The number of fused-ring (bicyclic) bond motifs is 2. The molecular weight excluding hydrogens is 585 g/mol. The molecule has 48 heavy (non-hydrogen) atoms. The van der Waals surface area contributed by atoms with E-state index in [0.717, 1.165) is 51.2 Å². The van der Waals surface area contributed by atoms with Crippen LogP contribution in [0.4, 0.5) is 0 Å². The Balaban J connectivity index is 1.39. The highest BCUT2D eigenvalue weighted by Gasteiger charge is 2.30. The molecule has 3 aromatic heterocycles. The summed E-state index contributed by atoms with van der Waals surface area (Å²) in [6.45, 7) is 2.36. The first-order valence-corrected chi connectivity index (χ1v) is 16.6. The van der Waals surface area contributed by atoms with Gasteiger partial charge in [0.1, 0.15) is 0 Å². The van der Waals surface area contributed by atoms with Gasteiger partial charge in [0.25, 0.3) is 0 Å². The standard InChI is InChI=1S/C44H30N4/c1-27-12-10-18-32-34-24-31(35-20-8-9-23-45-35)25-39-42(34)43-38(22-21-30-17-11-19-33(40(27)32)41(30)43)48(39)44-46-36(28-13-4-2-5-14-28)26-37(47-44)29-15-6-3-7-16-29/h2-11,13-27H,12H2,1H3. The zero-order valence-electron chi connectivity index (χ0n) is 26.4. The van der Waals surface area contributed by atoms with Gasteiger partial charge in [-0.2, -0.15) is 0 Å². The Kier molecular flexibility index (Phi) is 5.88. The average Bonchev–Trinajstić information content (AvgIpc) is 3.43. The molecule has 226 valence electrons. The van der Waals surface area contributed by atoms with Gasteiger partial charge in [0.2, 0.25) is 5.95 Å². The lowest BCUT2D eigenvalue weighted by atomic mass is 9.81. The lowest BCUT2D eigenvalue weighted by Crippen LogP contribution is -2.06. The van der Waals surface area contributed by atoms with Crippen LogP contribution in [0.3, 0.4) is 0 Å². The van der Waals surface area contributed by atoms with Crippen LogP contribution in [0, 0.1) is 5.92 Å². The van der Waals surface area contributed by atoms with Crippen LogP contribution in [-0.2, 0) is 0 Å². The first-order valence-electron chi connectivity index (χ1n) is 16.6. The summed E-state index contributed by atoms with van der Waals surface area (Å²) in [5.74, 6) is 1.05. The van der Waals surface area contributed by atoms with E-state index in [9.17, 15) is 0 Å². The molecule has 5 aromatic carbocycles. The minimum absolute atomic E-state index is 0.398. The third-order valence-corrected chi connectivity index (χ3v) is 10.0. The second-order valence-electron chi connectivity index (χ2n) is 12.9. The van der Waals surface area contributed by atoms with Crippen LogP contribution in [0.25, 0.3) is 83.4 Å². The number of aromatic nitrogens is 4. The Labute approximate surface area is 278 Å². The number of allylic oxidation sites excluding steroid dienone is 4. The van der Waals surface area contributed by atoms with Crippen molar-refractivity contribution in [2.75, 3.05) is 0 Å². The molecule has 2 aliphatic carbocycles. The fourth-order valence-corrected chi connectivity index (χ4v) is 7.89. The molecule has 0 aliphatic heterocycles. The molecule has 0 radical (unpaired) electrons. The first kappa shape index (κ1) is 27.0. The second-order valence-corrected chi connectivity index (χ2v) is 12.9. The van der Waals surface area contributed by atoms with E-state index in [4.69, 9.17) is 15.0 Å². The van der Waals surface area contributed by atoms with E-state index in [1.807, 2.05) is 24.4 Å². The summed E-state index contributed by atoms with van der Waals surface area (Å²) in [5, 5.41) is 5.05. The van der Waals surface area contributed by atoms with E-state index in [2.05, 4.69) is 133 Å². The third-order valence-electron chi connectivity index (χ3n) is 10.0. The Morgan fingerprint density at radius 1 is 0.583 bits per heavy atom. The van der Waals surface area contributed by atoms with Crippen molar-refractivity contribution >= 4 is 43.7 Å². The Morgan fingerprint density at radius 2 is 1.33 bits per heavy atom. The van der Waals surface area contributed by atoms with Gasteiger partial charge >= 0.3 is 0 Å². The fraction of sp³-hybridized carbons (Fsp3) is 0.0682. The van der Waals surface area contributed by atoms with E-state index in [1.54, 1.807) is 0 Å². The van der Waals surface area contributed by atoms with Gasteiger partial charge in [-0.1, -0.05) is 110 Å². The number of rotatable bonds is 4. The van der Waals surface area contributed by atoms with Crippen molar-refractivity contribution in [3.8, 4) is 39.7 Å². The minimum Gasteiger partial charge on any atom is -0.278 e. The molecule has 0 bridgehead atoms. The van der Waals surface area contributed by atoms with Crippen molar-refractivity contribution < 1.29 is 0 Å². The molecule has 4 nitrogen and oxygen atoms in total. The summed E-state index contributed by atoms with van der Waals surface area (Å²) in [6, 6.07) is 45.0. The van der Waals surface area contributed by atoms with Crippen molar-refractivity contribution in [2.45, 2.75) is 13.3 Å². The molecule has 0 N–H and O–H groups in total. The van der Waals surface area contributed by atoms with Gasteiger partial charge in [-0.15, -0.1) is 0 Å². The molecule has 1 atom stereocenters. The van der Waals surface area contributed by atoms with Crippen LogP contribution >= 0.6 is 0 Å². The van der Waals surface area contributed by atoms with Gasteiger partial charge in [-0.25, -0.2) is 9.97 Å². The van der Waals surface area contributed by atoms with Crippen molar-refractivity contribution in [3.05, 3.63) is 157 Å². The number of hydrogen-bond acceptors (Lipinski definition) is 3. The molecular formula is C44H30N4. The molecule has 0 saturated carbocycles. The van der Waals surface area contributed by atoms with E-state index < -0.39 is 0 Å². The van der Waals surface area contributed by atoms with Crippen LogP contribution in [-0.4, -0.2) is 19.5 Å². The van der Waals surface area contributed by atoms with E-state index in [1.165, 1.54) is 43.8 Å². The van der Waals surface area contributed by atoms with Crippen molar-refractivity contribution in [3.63, 3.8) is 0 Å². The molecule has 10 rings (SSSR count). The van der Waals surface area contributed by atoms with Gasteiger partial charge in [0, 0.05) is 33.7 Å². The molecule has 0 saturated heterocycles. The smallest absolute Gasteiger partial charge is 0.235 e. The van der Waals surface area contributed by atoms with Crippen LogP contribution in [0.1, 0.15) is 24.5 Å². The normalized spacial score (nSPS) is 15.1. The molecule has 0 amide bonds. The van der Waals surface area contributed by atoms with Crippen molar-refractivity contribution in [1.29, 1.82) is 0 Å². The van der Waals surface area contributed by atoms with Gasteiger partial charge < -0.3 is 0 Å². The van der Waals surface area contributed by atoms with E-state index in [0.29, 0.717) is 11.9 Å².